The van der Waals surface area contributed by atoms with Gasteiger partial charge in [-0.15, -0.1) is 0 Å². The second-order valence-corrected chi connectivity index (χ2v) is 5.53. The monoisotopic (exact) mass is 237 g/mol. The number of thioether (sulfide) groups is 1. The summed E-state index contributed by atoms with van der Waals surface area (Å²) in [5.74, 6) is 2.23. The highest BCUT2D eigenvalue weighted by Gasteiger charge is 2.24. The number of anilines is 1. The highest BCUT2D eigenvalue weighted by molar-refractivity contribution is 8.00. The molecule has 0 amide bonds. The third kappa shape index (κ3) is 2.64. The number of rotatable bonds is 4. The summed E-state index contributed by atoms with van der Waals surface area (Å²) in [6.07, 6.45) is 1.24. The molecule has 1 aliphatic rings. The Balaban J connectivity index is 2.07. The Morgan fingerprint density at radius 2 is 2.25 bits per heavy atom. The Morgan fingerprint density at radius 3 is 2.94 bits per heavy atom. The van der Waals surface area contributed by atoms with Crippen molar-refractivity contribution in [3.05, 3.63) is 24.3 Å². The molecule has 3 heteroatoms. The molecule has 16 heavy (non-hydrogen) atoms. The summed E-state index contributed by atoms with van der Waals surface area (Å²) < 4.78 is 5.61. The fourth-order valence-corrected chi connectivity index (χ4v) is 3.19. The van der Waals surface area contributed by atoms with Gasteiger partial charge >= 0.3 is 0 Å². The highest BCUT2D eigenvalue weighted by atomic mass is 32.2. The molecule has 2 unspecified atom stereocenters. The van der Waals surface area contributed by atoms with Gasteiger partial charge in [-0.25, -0.2) is 0 Å². The number of para-hydroxylation sites is 2. The Morgan fingerprint density at radius 1 is 1.44 bits per heavy atom. The lowest BCUT2D eigenvalue weighted by Gasteiger charge is -2.20. The van der Waals surface area contributed by atoms with Gasteiger partial charge in [0, 0.05) is 11.3 Å². The number of nitrogens with one attached hydrogen (secondary N) is 1. The van der Waals surface area contributed by atoms with E-state index in [-0.39, 0.29) is 0 Å². The van der Waals surface area contributed by atoms with Crippen LogP contribution in [0.1, 0.15) is 20.3 Å². The standard InChI is InChI=1S/C13H19NOS/c1-3-15-13-7-5-4-6-12(13)14-11-8-9-16-10(11)2/h4-7,10-11,14H,3,8-9H2,1-2H3. The topological polar surface area (TPSA) is 21.3 Å². The van der Waals surface area contributed by atoms with Crippen LogP contribution >= 0.6 is 11.8 Å². The molecule has 1 fully saturated rings. The van der Waals surface area contributed by atoms with Gasteiger partial charge < -0.3 is 10.1 Å². The minimum absolute atomic E-state index is 0.576. The van der Waals surface area contributed by atoms with Crippen LogP contribution in [0.25, 0.3) is 0 Å². The second-order valence-electron chi connectivity index (χ2n) is 4.04. The molecule has 1 saturated heterocycles. The molecule has 88 valence electrons. The van der Waals surface area contributed by atoms with E-state index in [1.807, 2.05) is 30.8 Å². The zero-order valence-electron chi connectivity index (χ0n) is 9.90. The lowest BCUT2D eigenvalue weighted by molar-refractivity contribution is 0.341. The van der Waals surface area contributed by atoms with Gasteiger partial charge in [-0.3, -0.25) is 0 Å². The van der Waals surface area contributed by atoms with E-state index in [9.17, 15) is 0 Å². The van der Waals surface area contributed by atoms with E-state index < -0.39 is 0 Å². The highest BCUT2D eigenvalue weighted by Crippen LogP contribution is 2.32. The van der Waals surface area contributed by atoms with Crippen LogP contribution in [0, 0.1) is 0 Å². The van der Waals surface area contributed by atoms with Crippen LogP contribution in [0.3, 0.4) is 0 Å². The zero-order valence-corrected chi connectivity index (χ0v) is 10.7. The van der Waals surface area contributed by atoms with Crippen LogP contribution in [0.15, 0.2) is 24.3 Å². The number of ether oxygens (including phenoxy) is 1. The molecule has 2 rings (SSSR count). The molecule has 2 nitrogen and oxygen atoms in total. The fraction of sp³-hybridized carbons (Fsp3) is 0.538. The Hall–Kier alpha value is -0.830. The van der Waals surface area contributed by atoms with Gasteiger partial charge in [0.05, 0.1) is 12.3 Å². The molecule has 1 aromatic carbocycles. The van der Waals surface area contributed by atoms with Gasteiger partial charge in [0.25, 0.3) is 0 Å². The van der Waals surface area contributed by atoms with Gasteiger partial charge in [-0.2, -0.15) is 11.8 Å². The van der Waals surface area contributed by atoms with Crippen LogP contribution < -0.4 is 10.1 Å². The van der Waals surface area contributed by atoms with Gasteiger partial charge in [-0.05, 0) is 31.2 Å². The van der Waals surface area contributed by atoms with E-state index in [4.69, 9.17) is 4.74 Å². The first-order valence-corrected chi connectivity index (χ1v) is 6.96. The van der Waals surface area contributed by atoms with Crippen molar-refractivity contribution in [2.45, 2.75) is 31.6 Å². The van der Waals surface area contributed by atoms with Gasteiger partial charge in [-0.1, -0.05) is 19.1 Å². The summed E-state index contributed by atoms with van der Waals surface area (Å²) in [4.78, 5) is 0. The van der Waals surface area contributed by atoms with Crippen molar-refractivity contribution in [3.8, 4) is 5.75 Å². The lowest BCUT2D eigenvalue weighted by atomic mass is 10.1. The molecule has 0 spiro atoms. The first-order chi connectivity index (χ1) is 7.81. The van der Waals surface area contributed by atoms with Crippen LogP contribution in [0.5, 0.6) is 5.75 Å². The Labute approximate surface area is 102 Å². The molecule has 0 aliphatic carbocycles. The summed E-state index contributed by atoms with van der Waals surface area (Å²) >= 11 is 2.04. The lowest BCUT2D eigenvalue weighted by Crippen LogP contribution is -2.24. The molecule has 0 aromatic heterocycles. The maximum absolute atomic E-state index is 5.61. The van der Waals surface area contributed by atoms with E-state index >= 15 is 0 Å². The molecule has 1 aliphatic heterocycles. The van der Waals surface area contributed by atoms with Crippen molar-refractivity contribution in [3.63, 3.8) is 0 Å². The van der Waals surface area contributed by atoms with E-state index in [0.29, 0.717) is 17.9 Å². The molecular formula is C13H19NOS. The fourth-order valence-electron chi connectivity index (χ4n) is 1.99. The molecule has 2 atom stereocenters. The van der Waals surface area contributed by atoms with E-state index in [1.54, 1.807) is 0 Å². The van der Waals surface area contributed by atoms with E-state index in [0.717, 1.165) is 11.4 Å². The van der Waals surface area contributed by atoms with Crippen LogP contribution in [-0.2, 0) is 0 Å². The van der Waals surface area contributed by atoms with Gasteiger partial charge in [0.1, 0.15) is 5.75 Å². The van der Waals surface area contributed by atoms with E-state index in [1.165, 1.54) is 12.2 Å². The molecule has 0 radical (unpaired) electrons. The third-order valence-corrected chi connectivity index (χ3v) is 4.23. The van der Waals surface area contributed by atoms with Crippen molar-refractivity contribution in [2.24, 2.45) is 0 Å². The smallest absolute Gasteiger partial charge is 0.142 e. The molecular weight excluding hydrogens is 218 g/mol. The number of benzene rings is 1. The average molecular weight is 237 g/mol. The minimum atomic E-state index is 0.576. The quantitative estimate of drug-likeness (QED) is 0.867. The van der Waals surface area contributed by atoms with Crippen molar-refractivity contribution in [1.82, 2.24) is 0 Å². The first kappa shape index (κ1) is 11.6. The third-order valence-electron chi connectivity index (χ3n) is 2.90. The molecule has 0 saturated carbocycles. The van der Waals surface area contributed by atoms with Gasteiger partial charge in [0.15, 0.2) is 0 Å². The minimum Gasteiger partial charge on any atom is -0.492 e. The maximum Gasteiger partial charge on any atom is 0.142 e. The van der Waals surface area contributed by atoms with Crippen molar-refractivity contribution in [2.75, 3.05) is 17.7 Å². The number of hydrogen-bond acceptors (Lipinski definition) is 3. The predicted octanol–water partition coefficient (Wildman–Crippen LogP) is 3.39. The second kappa shape index (κ2) is 5.48. The Bertz CT molecular complexity index is 342. The van der Waals surface area contributed by atoms with Crippen molar-refractivity contribution < 1.29 is 4.74 Å². The summed E-state index contributed by atoms with van der Waals surface area (Å²) in [6, 6.07) is 8.77. The van der Waals surface area contributed by atoms with Crippen molar-refractivity contribution >= 4 is 17.4 Å². The van der Waals surface area contributed by atoms with Crippen molar-refractivity contribution in [1.29, 1.82) is 0 Å². The van der Waals surface area contributed by atoms with Crippen LogP contribution in [0.2, 0.25) is 0 Å². The number of hydrogen-bond donors (Lipinski definition) is 1. The average Bonchev–Trinajstić information content (AvgIpc) is 2.68. The largest absolute Gasteiger partial charge is 0.492 e. The summed E-state index contributed by atoms with van der Waals surface area (Å²) in [6.45, 7) is 5.02. The summed E-state index contributed by atoms with van der Waals surface area (Å²) in [7, 11) is 0. The SMILES string of the molecule is CCOc1ccccc1NC1CCSC1C. The Kier molecular flexibility index (Phi) is 3.99. The molecule has 0 bridgehead atoms. The normalized spacial score (nSPS) is 24.4. The molecule has 1 N–H and O–H groups in total. The molecule has 1 heterocycles. The molecule has 1 aromatic rings. The van der Waals surface area contributed by atoms with Gasteiger partial charge in [0.2, 0.25) is 0 Å². The summed E-state index contributed by atoms with van der Waals surface area (Å²) in [5, 5.41) is 4.29. The first-order valence-electron chi connectivity index (χ1n) is 5.91. The van der Waals surface area contributed by atoms with Crippen LogP contribution in [0.4, 0.5) is 5.69 Å². The zero-order chi connectivity index (χ0) is 11.4. The maximum atomic E-state index is 5.61. The van der Waals surface area contributed by atoms with Crippen LogP contribution in [-0.4, -0.2) is 23.7 Å². The van der Waals surface area contributed by atoms with E-state index in [2.05, 4.69) is 24.4 Å². The summed E-state index contributed by atoms with van der Waals surface area (Å²) in [5.41, 5.74) is 1.13. The predicted molar refractivity (Wildman–Crippen MR) is 71.6 cm³/mol.